The largest absolute Gasteiger partial charge is 0.463 e. The Morgan fingerprint density at radius 3 is 2.66 bits per heavy atom. The fourth-order valence-electron chi connectivity index (χ4n) is 6.69. The van der Waals surface area contributed by atoms with Crippen LogP contribution in [-0.2, 0) is 5.60 Å². The van der Waals surface area contributed by atoms with Gasteiger partial charge in [-0.25, -0.2) is 0 Å². The van der Waals surface area contributed by atoms with Gasteiger partial charge in [-0.05, 0) is 92.9 Å². The summed E-state index contributed by atoms with van der Waals surface area (Å²) in [4.78, 5) is 0. The van der Waals surface area contributed by atoms with E-state index < -0.39 is 17.8 Å². The van der Waals surface area contributed by atoms with Crippen LogP contribution in [0.4, 0.5) is 0 Å². The summed E-state index contributed by atoms with van der Waals surface area (Å²) in [7, 11) is 0. The lowest BCUT2D eigenvalue weighted by Gasteiger charge is -2.44. The van der Waals surface area contributed by atoms with Crippen LogP contribution < -0.4 is 0 Å². The molecule has 0 spiro atoms. The van der Waals surface area contributed by atoms with Crippen molar-refractivity contribution in [2.45, 2.75) is 96.4 Å². The number of furan rings is 1. The number of fused-ring (bicyclic) bond motifs is 1. The maximum atomic E-state index is 10.3. The van der Waals surface area contributed by atoms with E-state index in [9.17, 15) is 15.3 Å². The highest BCUT2D eigenvalue weighted by atomic mass is 16.4. The first kappa shape index (κ1) is 23.5. The average molecular weight is 441 g/mol. The normalized spacial score (nSPS) is 37.2. The molecule has 4 nitrogen and oxygen atoms in total. The first-order chi connectivity index (χ1) is 15.0. The summed E-state index contributed by atoms with van der Waals surface area (Å²) in [6.45, 7) is 12.3. The van der Waals surface area contributed by atoms with Crippen molar-refractivity contribution in [3.63, 3.8) is 0 Å². The summed E-state index contributed by atoms with van der Waals surface area (Å²) in [6, 6.07) is 3.96. The summed E-state index contributed by atoms with van der Waals surface area (Å²) in [5.74, 6) is 3.01. The van der Waals surface area contributed by atoms with E-state index in [1.54, 1.807) is 13.8 Å². The van der Waals surface area contributed by atoms with Gasteiger partial charge in [0, 0.05) is 12.3 Å². The van der Waals surface area contributed by atoms with Gasteiger partial charge < -0.3 is 19.7 Å². The Bertz CT molecular complexity index is 914. The number of hydrogen-bond donors (Lipinski definition) is 3. The molecule has 0 unspecified atom stereocenters. The molecule has 1 aromatic rings. The van der Waals surface area contributed by atoms with E-state index >= 15 is 0 Å². The zero-order chi connectivity index (χ0) is 23.3. The van der Waals surface area contributed by atoms with Crippen molar-refractivity contribution < 1.29 is 19.7 Å². The molecule has 0 aliphatic heterocycles. The van der Waals surface area contributed by atoms with Crippen LogP contribution in [0.25, 0.3) is 0 Å². The van der Waals surface area contributed by atoms with Crippen molar-refractivity contribution in [3.8, 4) is 0 Å². The average Bonchev–Trinajstić information content (AvgIpc) is 3.34. The Balaban J connectivity index is 1.55. The molecule has 3 fully saturated rings. The summed E-state index contributed by atoms with van der Waals surface area (Å²) >= 11 is 0. The van der Waals surface area contributed by atoms with Crippen molar-refractivity contribution in [3.05, 3.63) is 59.1 Å². The van der Waals surface area contributed by atoms with E-state index in [1.165, 1.54) is 31.3 Å². The van der Waals surface area contributed by atoms with Crippen molar-refractivity contribution in [2.24, 2.45) is 17.3 Å². The van der Waals surface area contributed by atoms with E-state index in [2.05, 4.69) is 32.6 Å². The Labute approximate surface area is 192 Å². The van der Waals surface area contributed by atoms with Gasteiger partial charge in [0.15, 0.2) is 0 Å². The third-order valence-corrected chi connectivity index (χ3v) is 8.58. The van der Waals surface area contributed by atoms with Crippen LogP contribution in [0.3, 0.4) is 0 Å². The molecule has 1 aromatic heterocycles. The van der Waals surface area contributed by atoms with Gasteiger partial charge in [0.2, 0.25) is 0 Å². The number of hydrogen-bond acceptors (Lipinski definition) is 4. The fourth-order valence-corrected chi connectivity index (χ4v) is 6.69. The fraction of sp³-hybridized carbons (Fsp3) is 0.643. The molecule has 3 saturated carbocycles. The molecule has 6 atom stereocenters. The van der Waals surface area contributed by atoms with E-state index in [4.69, 9.17) is 4.42 Å². The van der Waals surface area contributed by atoms with E-state index in [1.807, 2.05) is 12.1 Å². The van der Waals surface area contributed by atoms with Gasteiger partial charge in [-0.3, -0.25) is 0 Å². The van der Waals surface area contributed by atoms with Crippen molar-refractivity contribution in [2.75, 3.05) is 0 Å². The zero-order valence-corrected chi connectivity index (χ0v) is 20.1. The topological polar surface area (TPSA) is 73.8 Å². The molecular weight excluding hydrogens is 400 g/mol. The molecule has 3 N–H and O–H groups in total. The molecular formula is C28H40O4. The molecule has 3 aliphatic rings. The van der Waals surface area contributed by atoms with Gasteiger partial charge in [-0.2, -0.15) is 0 Å². The summed E-state index contributed by atoms with van der Waals surface area (Å²) < 4.78 is 6.10. The number of allylic oxidation sites excluding steroid dienone is 3. The lowest BCUT2D eigenvalue weighted by molar-refractivity contribution is 0.0503. The predicted octanol–water partition coefficient (Wildman–Crippen LogP) is 5.75. The minimum absolute atomic E-state index is 0.228. The van der Waals surface area contributed by atoms with Crippen LogP contribution >= 0.6 is 0 Å². The smallest absolute Gasteiger partial charge is 0.135 e. The molecule has 0 bridgehead atoms. The van der Waals surface area contributed by atoms with Crippen LogP contribution in [0.15, 0.2) is 52.0 Å². The minimum Gasteiger partial charge on any atom is -0.463 e. The third kappa shape index (κ3) is 4.30. The summed E-state index contributed by atoms with van der Waals surface area (Å²) in [5, 5.41) is 30.5. The zero-order valence-electron chi connectivity index (χ0n) is 20.1. The highest BCUT2D eigenvalue weighted by Crippen LogP contribution is 2.61. The highest BCUT2D eigenvalue weighted by Gasteiger charge is 2.51. The Morgan fingerprint density at radius 1 is 1.22 bits per heavy atom. The minimum atomic E-state index is -0.960. The molecule has 4 heteroatoms. The molecule has 1 heterocycles. The molecule has 4 rings (SSSR count). The standard InChI is InChI=1S/C28H40O4/c1-17-20(15-21(29)16-24(17)30)9-8-19-7-6-14-28(5)22(10-11-23(19)28)18(2)25-12-13-26(32-25)27(3,4)31/h8-9,12-13,18,21-24,29-31H,1,6-7,10-11,14-16H2,2-5H3/b19-8+,20-9-/t18-,21+,22+,23-,24-,28+/m0/s1. The second-order valence-electron chi connectivity index (χ2n) is 11.2. The Hall–Kier alpha value is -1.62. The number of aliphatic hydroxyl groups excluding tert-OH is 2. The molecule has 0 radical (unpaired) electrons. The number of rotatable bonds is 4. The molecule has 0 aromatic carbocycles. The molecule has 32 heavy (non-hydrogen) atoms. The quantitative estimate of drug-likeness (QED) is 0.557. The predicted molar refractivity (Wildman–Crippen MR) is 127 cm³/mol. The van der Waals surface area contributed by atoms with Crippen LogP contribution in [0.2, 0.25) is 0 Å². The maximum Gasteiger partial charge on any atom is 0.135 e. The van der Waals surface area contributed by atoms with Gasteiger partial charge in [0.25, 0.3) is 0 Å². The first-order valence-corrected chi connectivity index (χ1v) is 12.3. The third-order valence-electron chi connectivity index (χ3n) is 8.58. The summed E-state index contributed by atoms with van der Waals surface area (Å²) in [6.07, 6.45) is 10.1. The van der Waals surface area contributed by atoms with Crippen molar-refractivity contribution in [1.29, 1.82) is 0 Å². The van der Waals surface area contributed by atoms with E-state index in [0.717, 1.165) is 23.3 Å². The second kappa shape index (κ2) is 8.62. The monoisotopic (exact) mass is 440 g/mol. The lowest BCUT2D eigenvalue weighted by Crippen LogP contribution is -2.35. The van der Waals surface area contributed by atoms with Gasteiger partial charge in [-0.1, -0.05) is 38.2 Å². The molecule has 3 aliphatic carbocycles. The lowest BCUT2D eigenvalue weighted by atomic mass is 9.61. The van der Waals surface area contributed by atoms with Gasteiger partial charge in [0.05, 0.1) is 12.2 Å². The van der Waals surface area contributed by atoms with E-state index in [-0.39, 0.29) is 5.41 Å². The maximum absolute atomic E-state index is 10.3. The van der Waals surface area contributed by atoms with Crippen LogP contribution in [0.5, 0.6) is 0 Å². The Kier molecular flexibility index (Phi) is 6.34. The van der Waals surface area contributed by atoms with Crippen LogP contribution in [-0.4, -0.2) is 27.5 Å². The van der Waals surface area contributed by atoms with Crippen LogP contribution in [0, 0.1) is 17.3 Å². The van der Waals surface area contributed by atoms with Gasteiger partial charge in [0.1, 0.15) is 17.1 Å². The highest BCUT2D eigenvalue weighted by molar-refractivity contribution is 5.38. The molecule has 0 amide bonds. The number of aliphatic hydroxyl groups is 3. The van der Waals surface area contributed by atoms with Crippen molar-refractivity contribution >= 4 is 0 Å². The molecule has 0 saturated heterocycles. The van der Waals surface area contributed by atoms with Crippen LogP contribution in [0.1, 0.15) is 90.1 Å². The Morgan fingerprint density at radius 2 is 1.97 bits per heavy atom. The van der Waals surface area contributed by atoms with E-state index in [0.29, 0.717) is 36.4 Å². The molecule has 176 valence electrons. The SMILES string of the molecule is C=C1/C(=C\C=C2/CCC[C@]3(C)[C@@H]([C@H](C)c4ccc(C(C)(C)O)o4)CC[C@@H]23)C[C@@H](O)C[C@@H]1O. The van der Waals surface area contributed by atoms with Gasteiger partial charge >= 0.3 is 0 Å². The van der Waals surface area contributed by atoms with Gasteiger partial charge in [-0.15, -0.1) is 0 Å². The second-order valence-corrected chi connectivity index (χ2v) is 11.2. The first-order valence-electron chi connectivity index (χ1n) is 12.3. The summed E-state index contributed by atoms with van der Waals surface area (Å²) in [5.41, 5.74) is 2.50. The van der Waals surface area contributed by atoms with Crippen molar-refractivity contribution in [1.82, 2.24) is 0 Å².